The molecule has 1 N–H and O–H groups in total. The van der Waals surface area contributed by atoms with Gasteiger partial charge in [0.05, 0.1) is 12.2 Å². The van der Waals surface area contributed by atoms with E-state index in [1.807, 2.05) is 31.2 Å². The number of nitrogens with zero attached hydrogens (tertiary/aromatic N) is 1. The van der Waals surface area contributed by atoms with Crippen molar-refractivity contribution in [3.05, 3.63) is 70.8 Å². The predicted octanol–water partition coefficient (Wildman–Crippen LogP) is 2.30. The van der Waals surface area contributed by atoms with E-state index in [9.17, 15) is 9.59 Å². The first-order valence-electron chi connectivity index (χ1n) is 7.66. The molecule has 0 saturated heterocycles. The molecule has 0 radical (unpaired) electrons. The van der Waals surface area contributed by atoms with E-state index in [0.717, 1.165) is 11.1 Å². The van der Waals surface area contributed by atoms with Gasteiger partial charge in [-0.3, -0.25) is 4.79 Å². The summed E-state index contributed by atoms with van der Waals surface area (Å²) in [5.41, 5.74) is 3.22. The number of aliphatic hydroxyl groups excluding tert-OH is 1. The van der Waals surface area contributed by atoms with Crippen molar-refractivity contribution in [2.24, 2.45) is 0 Å². The third-order valence-electron chi connectivity index (χ3n) is 3.79. The molecule has 2 aromatic carbocycles. The molecule has 0 atom stereocenters. The number of likely N-dealkylation sites (N-methyl/N-ethyl adjacent to an activating group) is 1. The molecule has 126 valence electrons. The van der Waals surface area contributed by atoms with Crippen LogP contribution in [0.5, 0.6) is 0 Å². The van der Waals surface area contributed by atoms with Crippen LogP contribution in [0.15, 0.2) is 48.5 Å². The molecule has 2 rings (SSSR count). The Morgan fingerprint density at radius 2 is 1.75 bits per heavy atom. The fourth-order valence-electron chi connectivity index (χ4n) is 2.20. The number of aliphatic hydroxyl groups is 1. The van der Waals surface area contributed by atoms with Crippen LogP contribution in [-0.4, -0.2) is 35.5 Å². The van der Waals surface area contributed by atoms with Gasteiger partial charge in [0.2, 0.25) is 0 Å². The summed E-state index contributed by atoms with van der Waals surface area (Å²) < 4.78 is 5.06. The van der Waals surface area contributed by atoms with Gasteiger partial charge in [-0.2, -0.15) is 0 Å². The molecule has 0 aliphatic heterocycles. The second kappa shape index (κ2) is 8.26. The van der Waals surface area contributed by atoms with Crippen LogP contribution in [0.3, 0.4) is 0 Å². The van der Waals surface area contributed by atoms with E-state index in [0.29, 0.717) is 17.7 Å². The summed E-state index contributed by atoms with van der Waals surface area (Å²) in [5.74, 6) is -0.823. The number of rotatable bonds is 6. The molecule has 0 heterocycles. The Hall–Kier alpha value is -2.66. The summed E-state index contributed by atoms with van der Waals surface area (Å²) in [6.45, 7) is 2.07. The molecular weight excluding hydrogens is 306 g/mol. The van der Waals surface area contributed by atoms with Crippen molar-refractivity contribution in [2.75, 3.05) is 13.7 Å². The fourth-order valence-corrected chi connectivity index (χ4v) is 2.20. The number of amides is 1. The Kier molecular flexibility index (Phi) is 6.09. The first-order valence-corrected chi connectivity index (χ1v) is 7.66. The van der Waals surface area contributed by atoms with Gasteiger partial charge in [0.1, 0.15) is 0 Å². The molecular formula is C19H21NO4. The third kappa shape index (κ3) is 4.67. The molecule has 0 bridgehead atoms. The Morgan fingerprint density at radius 1 is 1.08 bits per heavy atom. The monoisotopic (exact) mass is 327 g/mol. The molecule has 2 aromatic rings. The van der Waals surface area contributed by atoms with Gasteiger partial charge in [-0.05, 0) is 35.7 Å². The van der Waals surface area contributed by atoms with E-state index in [2.05, 4.69) is 0 Å². The van der Waals surface area contributed by atoms with Crippen LogP contribution in [0.2, 0.25) is 0 Å². The molecule has 0 aromatic heterocycles. The average Bonchev–Trinajstić information content (AvgIpc) is 2.61. The van der Waals surface area contributed by atoms with Gasteiger partial charge < -0.3 is 14.7 Å². The van der Waals surface area contributed by atoms with Crippen molar-refractivity contribution < 1.29 is 19.4 Å². The van der Waals surface area contributed by atoms with Crippen LogP contribution in [0, 0.1) is 6.92 Å². The van der Waals surface area contributed by atoms with Gasteiger partial charge in [0.15, 0.2) is 6.61 Å². The molecule has 5 nitrogen and oxygen atoms in total. The summed E-state index contributed by atoms with van der Waals surface area (Å²) >= 11 is 0. The lowest BCUT2D eigenvalue weighted by molar-refractivity contribution is -0.133. The van der Waals surface area contributed by atoms with E-state index < -0.39 is 5.97 Å². The first-order chi connectivity index (χ1) is 11.5. The number of ether oxygens (including phenoxy) is 1. The maximum absolute atomic E-state index is 12.1. The lowest BCUT2D eigenvalue weighted by Crippen LogP contribution is -2.31. The molecule has 0 fully saturated rings. The summed E-state index contributed by atoms with van der Waals surface area (Å²) in [5, 5.41) is 8.98. The maximum Gasteiger partial charge on any atom is 0.338 e. The van der Waals surface area contributed by atoms with E-state index in [4.69, 9.17) is 9.84 Å². The van der Waals surface area contributed by atoms with E-state index in [1.165, 1.54) is 4.90 Å². The molecule has 1 amide bonds. The number of carbonyl (C=O) groups excluding carboxylic acids is 2. The average molecular weight is 327 g/mol. The van der Waals surface area contributed by atoms with Gasteiger partial charge >= 0.3 is 5.97 Å². The van der Waals surface area contributed by atoms with Crippen molar-refractivity contribution in [3.8, 4) is 0 Å². The van der Waals surface area contributed by atoms with Crippen LogP contribution in [0.4, 0.5) is 0 Å². The minimum atomic E-state index is -0.558. The van der Waals surface area contributed by atoms with E-state index in [1.54, 1.807) is 31.3 Å². The topological polar surface area (TPSA) is 66.8 Å². The minimum Gasteiger partial charge on any atom is -0.452 e. The van der Waals surface area contributed by atoms with Crippen molar-refractivity contribution in [1.29, 1.82) is 0 Å². The second-order valence-corrected chi connectivity index (χ2v) is 5.61. The van der Waals surface area contributed by atoms with Crippen LogP contribution >= 0.6 is 0 Å². The summed E-state index contributed by atoms with van der Waals surface area (Å²) in [6.07, 6.45) is 0. The van der Waals surface area contributed by atoms with Crippen LogP contribution in [0.25, 0.3) is 0 Å². The van der Waals surface area contributed by atoms with Crippen molar-refractivity contribution in [1.82, 2.24) is 4.90 Å². The Bertz CT molecular complexity index is 710. The quantitative estimate of drug-likeness (QED) is 0.827. The second-order valence-electron chi connectivity index (χ2n) is 5.61. The standard InChI is InChI=1S/C19H21NO4/c1-14-5-3-4-6-17(14)11-20(2)18(22)13-24-19(23)16-9-7-15(12-21)8-10-16/h3-10,21H,11-13H2,1-2H3. The number of hydrogen-bond acceptors (Lipinski definition) is 4. The predicted molar refractivity (Wildman–Crippen MR) is 90.3 cm³/mol. The molecule has 0 spiro atoms. The van der Waals surface area contributed by atoms with Crippen LogP contribution < -0.4 is 0 Å². The molecule has 0 aliphatic carbocycles. The lowest BCUT2D eigenvalue weighted by atomic mass is 10.1. The van der Waals surface area contributed by atoms with Gasteiger partial charge in [0, 0.05) is 13.6 Å². The van der Waals surface area contributed by atoms with E-state index >= 15 is 0 Å². The Labute approximate surface area is 141 Å². The van der Waals surface area contributed by atoms with E-state index in [-0.39, 0.29) is 19.1 Å². The highest BCUT2D eigenvalue weighted by Gasteiger charge is 2.14. The summed E-state index contributed by atoms with van der Waals surface area (Å²) in [4.78, 5) is 25.6. The number of aryl methyl sites for hydroxylation is 1. The maximum atomic E-state index is 12.1. The number of hydrogen-bond donors (Lipinski definition) is 1. The van der Waals surface area contributed by atoms with Crippen molar-refractivity contribution >= 4 is 11.9 Å². The highest BCUT2D eigenvalue weighted by atomic mass is 16.5. The molecule has 0 saturated carbocycles. The molecule has 5 heteroatoms. The van der Waals surface area contributed by atoms with Crippen LogP contribution in [0.1, 0.15) is 27.0 Å². The zero-order valence-electron chi connectivity index (χ0n) is 13.9. The minimum absolute atomic E-state index is 0.0858. The van der Waals surface area contributed by atoms with Crippen molar-refractivity contribution in [2.45, 2.75) is 20.1 Å². The Morgan fingerprint density at radius 3 is 2.38 bits per heavy atom. The number of benzene rings is 2. The lowest BCUT2D eigenvalue weighted by Gasteiger charge is -2.18. The highest BCUT2D eigenvalue weighted by Crippen LogP contribution is 2.10. The fraction of sp³-hybridized carbons (Fsp3) is 0.263. The van der Waals surface area contributed by atoms with Gasteiger partial charge in [-0.15, -0.1) is 0 Å². The largest absolute Gasteiger partial charge is 0.452 e. The third-order valence-corrected chi connectivity index (χ3v) is 3.79. The summed E-state index contributed by atoms with van der Waals surface area (Å²) in [7, 11) is 1.68. The first kappa shape index (κ1) is 17.7. The molecule has 0 unspecified atom stereocenters. The van der Waals surface area contributed by atoms with Gasteiger partial charge in [-0.25, -0.2) is 4.79 Å². The number of carbonyl (C=O) groups is 2. The zero-order chi connectivity index (χ0) is 17.5. The Balaban J connectivity index is 1.87. The van der Waals surface area contributed by atoms with Crippen LogP contribution in [-0.2, 0) is 22.7 Å². The summed E-state index contributed by atoms with van der Waals surface area (Å²) in [6, 6.07) is 14.2. The number of esters is 1. The highest BCUT2D eigenvalue weighted by molar-refractivity contribution is 5.91. The SMILES string of the molecule is Cc1ccccc1CN(C)C(=O)COC(=O)c1ccc(CO)cc1. The smallest absolute Gasteiger partial charge is 0.338 e. The molecule has 24 heavy (non-hydrogen) atoms. The van der Waals surface area contributed by atoms with Gasteiger partial charge in [-0.1, -0.05) is 36.4 Å². The van der Waals surface area contributed by atoms with Gasteiger partial charge in [0.25, 0.3) is 5.91 Å². The van der Waals surface area contributed by atoms with Crippen molar-refractivity contribution in [3.63, 3.8) is 0 Å². The normalized spacial score (nSPS) is 10.3. The zero-order valence-corrected chi connectivity index (χ0v) is 13.9. The molecule has 0 aliphatic rings.